The summed E-state index contributed by atoms with van der Waals surface area (Å²) in [6.07, 6.45) is 3.80. The predicted octanol–water partition coefficient (Wildman–Crippen LogP) is 5.66. The molecule has 0 bridgehead atoms. The van der Waals surface area contributed by atoms with Gasteiger partial charge in [-0.05, 0) is 81.8 Å². The number of aryl methyl sites for hydroxylation is 2. The topological polar surface area (TPSA) is 44.6 Å². The number of rotatable bonds is 6. The van der Waals surface area contributed by atoms with Crippen molar-refractivity contribution >= 4 is 17.4 Å². The van der Waals surface area contributed by atoms with E-state index in [1.54, 1.807) is 13.0 Å². The Hall–Kier alpha value is -2.48. The molecule has 0 aliphatic carbocycles. The molecule has 1 fully saturated rings. The third kappa shape index (κ3) is 5.27. The number of benzene rings is 1. The lowest BCUT2D eigenvalue weighted by Gasteiger charge is -2.33. The van der Waals surface area contributed by atoms with Gasteiger partial charge >= 0.3 is 0 Å². The number of likely N-dealkylation sites (tertiary alicyclic amines) is 1. The number of nitrogens with zero attached hydrogens (tertiary/aromatic N) is 5. The van der Waals surface area contributed by atoms with Crippen LogP contribution in [-0.4, -0.2) is 58.7 Å². The van der Waals surface area contributed by atoms with E-state index < -0.39 is 6.43 Å². The average Bonchev–Trinajstić information content (AvgIpc) is 3.25. The highest BCUT2D eigenvalue weighted by atomic mass is 19.3. The Labute approximate surface area is 219 Å². The molecule has 0 spiro atoms. The molecule has 37 heavy (non-hydrogen) atoms. The third-order valence-electron chi connectivity index (χ3n) is 8.48. The summed E-state index contributed by atoms with van der Waals surface area (Å²) in [6.45, 7) is 9.95. The first-order valence-corrected chi connectivity index (χ1v) is 14.0. The molecule has 2 aromatic rings. The second-order valence-corrected chi connectivity index (χ2v) is 11.6. The standard InChI is InChI=1S/C29H41F2N5O/c1-19(2)7-8-21-16-22-6-5-12-35(27(22)17-24(21)28(30)31)29-25-18-34(20(3)37)15-11-26(25)36(32-29)23-9-13-33(4)14-10-23/h16-17,19,23,28H,5-15,18H2,1-4H3. The Bertz CT molecular complexity index is 1140. The molecule has 1 aromatic heterocycles. The lowest BCUT2D eigenvalue weighted by atomic mass is 9.91. The third-order valence-corrected chi connectivity index (χ3v) is 8.48. The molecular weight excluding hydrogens is 472 g/mol. The largest absolute Gasteiger partial charge is 0.338 e. The van der Waals surface area contributed by atoms with Crippen molar-refractivity contribution < 1.29 is 13.6 Å². The van der Waals surface area contributed by atoms with E-state index in [4.69, 9.17) is 5.10 Å². The highest BCUT2D eigenvalue weighted by Gasteiger charge is 2.34. The van der Waals surface area contributed by atoms with Gasteiger partial charge in [0.25, 0.3) is 6.43 Å². The van der Waals surface area contributed by atoms with Gasteiger partial charge in [-0.25, -0.2) is 8.78 Å². The Morgan fingerprint density at radius 1 is 1.11 bits per heavy atom. The second-order valence-electron chi connectivity index (χ2n) is 11.6. The van der Waals surface area contributed by atoms with Gasteiger partial charge in [-0.15, -0.1) is 0 Å². The summed E-state index contributed by atoms with van der Waals surface area (Å²) in [5.41, 5.74) is 5.25. The van der Waals surface area contributed by atoms with Gasteiger partial charge in [0, 0.05) is 48.9 Å². The van der Waals surface area contributed by atoms with Crippen molar-refractivity contribution in [1.82, 2.24) is 19.6 Å². The molecule has 1 amide bonds. The highest BCUT2D eigenvalue weighted by molar-refractivity contribution is 5.75. The Kier molecular flexibility index (Phi) is 7.57. The van der Waals surface area contributed by atoms with Gasteiger partial charge < -0.3 is 14.7 Å². The lowest BCUT2D eigenvalue weighted by Crippen LogP contribution is -2.36. The maximum absolute atomic E-state index is 14.3. The van der Waals surface area contributed by atoms with Crippen molar-refractivity contribution in [1.29, 1.82) is 0 Å². The number of anilines is 2. The highest BCUT2D eigenvalue weighted by Crippen LogP contribution is 2.42. The number of alkyl halides is 2. The fourth-order valence-electron chi connectivity index (χ4n) is 6.24. The minimum atomic E-state index is -2.50. The van der Waals surface area contributed by atoms with E-state index >= 15 is 0 Å². The first-order chi connectivity index (χ1) is 17.7. The molecule has 0 N–H and O–H groups in total. The number of piperidine rings is 1. The van der Waals surface area contributed by atoms with E-state index in [0.717, 1.165) is 86.4 Å². The number of hydrogen-bond acceptors (Lipinski definition) is 4. The van der Waals surface area contributed by atoms with Crippen molar-refractivity contribution in [2.45, 2.75) is 84.7 Å². The number of amides is 1. The first kappa shape index (κ1) is 26.1. The van der Waals surface area contributed by atoms with E-state index in [0.29, 0.717) is 31.5 Å². The molecule has 8 heteroatoms. The minimum Gasteiger partial charge on any atom is -0.338 e. The molecule has 1 saturated heterocycles. The number of halogens is 2. The summed E-state index contributed by atoms with van der Waals surface area (Å²) >= 11 is 0. The van der Waals surface area contributed by atoms with E-state index in [-0.39, 0.29) is 11.5 Å². The number of hydrogen-bond donors (Lipinski definition) is 0. The van der Waals surface area contributed by atoms with Gasteiger partial charge in [-0.3, -0.25) is 9.48 Å². The molecule has 202 valence electrons. The molecule has 1 aromatic carbocycles. The number of carbonyl (C=O) groups is 1. The lowest BCUT2D eigenvalue weighted by molar-refractivity contribution is -0.129. The van der Waals surface area contributed by atoms with E-state index in [1.807, 2.05) is 11.0 Å². The van der Waals surface area contributed by atoms with Gasteiger partial charge in [0.1, 0.15) is 0 Å². The number of fused-ring (bicyclic) bond motifs is 2. The number of carbonyl (C=O) groups excluding carboxylic acids is 1. The zero-order chi connectivity index (χ0) is 26.3. The summed E-state index contributed by atoms with van der Waals surface area (Å²) in [7, 11) is 2.16. The zero-order valence-corrected chi connectivity index (χ0v) is 22.8. The van der Waals surface area contributed by atoms with Crippen LogP contribution in [0.1, 0.15) is 86.9 Å². The van der Waals surface area contributed by atoms with E-state index in [9.17, 15) is 13.6 Å². The molecule has 4 heterocycles. The van der Waals surface area contributed by atoms with E-state index in [1.165, 1.54) is 5.69 Å². The molecule has 3 aliphatic heterocycles. The van der Waals surface area contributed by atoms with E-state index in [2.05, 4.69) is 35.4 Å². The van der Waals surface area contributed by atoms with Crippen molar-refractivity contribution in [3.63, 3.8) is 0 Å². The predicted molar refractivity (Wildman–Crippen MR) is 143 cm³/mol. The fraction of sp³-hybridized carbons (Fsp3) is 0.655. The van der Waals surface area contributed by atoms with Crippen molar-refractivity contribution in [3.8, 4) is 0 Å². The molecule has 0 radical (unpaired) electrons. The van der Waals surface area contributed by atoms with Crippen LogP contribution in [-0.2, 0) is 30.6 Å². The summed E-state index contributed by atoms with van der Waals surface area (Å²) in [5.74, 6) is 1.39. The Balaban J connectivity index is 1.57. The zero-order valence-electron chi connectivity index (χ0n) is 22.8. The maximum Gasteiger partial charge on any atom is 0.264 e. The monoisotopic (exact) mass is 513 g/mol. The van der Waals surface area contributed by atoms with Crippen LogP contribution in [0.2, 0.25) is 0 Å². The van der Waals surface area contributed by atoms with Crippen LogP contribution in [0.4, 0.5) is 20.3 Å². The Morgan fingerprint density at radius 2 is 1.86 bits per heavy atom. The van der Waals surface area contributed by atoms with Crippen LogP contribution in [0.3, 0.4) is 0 Å². The SMILES string of the molecule is CC(=O)N1CCc2c(c(N3CCCc4cc(CCC(C)C)c(C(F)F)cc43)nn2C2CCN(C)CC2)C1. The smallest absolute Gasteiger partial charge is 0.264 e. The second kappa shape index (κ2) is 10.7. The van der Waals surface area contributed by atoms with Gasteiger partial charge in [0.15, 0.2) is 5.82 Å². The average molecular weight is 514 g/mol. The molecule has 0 atom stereocenters. The Morgan fingerprint density at radius 3 is 2.54 bits per heavy atom. The summed E-state index contributed by atoms with van der Waals surface area (Å²) in [5, 5.41) is 5.21. The number of aromatic nitrogens is 2. The first-order valence-electron chi connectivity index (χ1n) is 14.0. The van der Waals surface area contributed by atoms with Crippen molar-refractivity contribution in [3.05, 3.63) is 40.1 Å². The van der Waals surface area contributed by atoms with Crippen LogP contribution >= 0.6 is 0 Å². The molecule has 3 aliphatic rings. The quantitative estimate of drug-likeness (QED) is 0.500. The summed E-state index contributed by atoms with van der Waals surface area (Å²) in [6, 6.07) is 4.11. The van der Waals surface area contributed by atoms with Crippen molar-refractivity contribution in [2.24, 2.45) is 5.92 Å². The summed E-state index contributed by atoms with van der Waals surface area (Å²) in [4.78, 5) is 18.7. The van der Waals surface area contributed by atoms with Gasteiger partial charge in [0.2, 0.25) is 5.91 Å². The maximum atomic E-state index is 14.3. The van der Waals surface area contributed by atoms with Gasteiger partial charge in [-0.1, -0.05) is 19.9 Å². The fourth-order valence-corrected chi connectivity index (χ4v) is 6.24. The van der Waals surface area contributed by atoms with Gasteiger partial charge in [0.05, 0.1) is 12.6 Å². The van der Waals surface area contributed by atoms with Crippen LogP contribution in [0, 0.1) is 5.92 Å². The molecule has 6 nitrogen and oxygen atoms in total. The van der Waals surface area contributed by atoms with Crippen molar-refractivity contribution in [2.75, 3.05) is 38.1 Å². The normalized spacial score (nSPS) is 19.0. The molecule has 5 rings (SSSR count). The van der Waals surface area contributed by atoms with Crippen LogP contribution in [0.5, 0.6) is 0 Å². The van der Waals surface area contributed by atoms with Gasteiger partial charge in [-0.2, -0.15) is 5.10 Å². The molecular formula is C29H41F2N5O. The summed E-state index contributed by atoms with van der Waals surface area (Å²) < 4.78 is 30.7. The van der Waals surface area contributed by atoms with Crippen LogP contribution < -0.4 is 4.90 Å². The molecule has 0 saturated carbocycles. The van der Waals surface area contributed by atoms with Crippen LogP contribution in [0.15, 0.2) is 12.1 Å². The minimum absolute atomic E-state index is 0.0671. The van der Waals surface area contributed by atoms with Crippen LogP contribution in [0.25, 0.3) is 0 Å². The molecule has 0 unspecified atom stereocenters.